The van der Waals surface area contributed by atoms with Gasteiger partial charge in [-0.25, -0.2) is 17.4 Å². The molecule has 0 aliphatic carbocycles. The Kier molecular flexibility index (Phi) is 6.13. The number of hydrogen-bond donors (Lipinski definition) is 1. The minimum absolute atomic E-state index is 0.0273. The summed E-state index contributed by atoms with van der Waals surface area (Å²) in [6.07, 6.45) is 0. The maximum atomic E-state index is 12.7. The molecule has 3 rings (SSSR count). The second-order valence-corrected chi connectivity index (χ2v) is 8.91. The third-order valence-electron chi connectivity index (χ3n) is 4.57. The minimum atomic E-state index is -3.68. The van der Waals surface area contributed by atoms with Crippen LogP contribution >= 0.6 is 0 Å². The molecule has 1 aromatic heterocycles. The molecule has 0 unspecified atom stereocenters. The number of rotatable bonds is 7. The summed E-state index contributed by atoms with van der Waals surface area (Å²) in [5.41, 5.74) is 1.11. The molecule has 1 heterocycles. The molecule has 0 bridgehead atoms. The molecular weight excluding hydrogens is 424 g/mol. The minimum Gasteiger partial charge on any atom is -0.346 e. The van der Waals surface area contributed by atoms with Crippen molar-refractivity contribution in [3.63, 3.8) is 0 Å². The highest BCUT2D eigenvalue weighted by Crippen LogP contribution is 2.20. The number of carbonyl (C=O) groups excluding carboxylic acids is 1. The van der Waals surface area contributed by atoms with Crippen molar-refractivity contribution in [2.75, 3.05) is 14.1 Å². The molecule has 0 saturated heterocycles. The highest BCUT2D eigenvalue weighted by Gasteiger charge is 2.22. The Bertz CT molecular complexity index is 1250. The second kappa shape index (κ2) is 8.62. The summed E-state index contributed by atoms with van der Waals surface area (Å²) in [5.74, 6) is -0.550. The van der Waals surface area contributed by atoms with Gasteiger partial charge in [0.1, 0.15) is 0 Å². The van der Waals surface area contributed by atoms with Gasteiger partial charge in [-0.1, -0.05) is 29.5 Å². The van der Waals surface area contributed by atoms with Gasteiger partial charge in [0.2, 0.25) is 10.0 Å². The monoisotopic (exact) mass is 444 g/mol. The molecule has 11 nitrogen and oxygen atoms in total. The van der Waals surface area contributed by atoms with Gasteiger partial charge < -0.3 is 5.32 Å². The van der Waals surface area contributed by atoms with Crippen LogP contribution in [0.1, 0.15) is 21.7 Å². The molecule has 0 fully saturated rings. The zero-order valence-electron chi connectivity index (χ0n) is 17.0. The highest BCUT2D eigenvalue weighted by atomic mass is 32.2. The number of non-ortho nitro benzene ring substituents is 1. The summed E-state index contributed by atoms with van der Waals surface area (Å²) < 4.78 is 27.4. The van der Waals surface area contributed by atoms with Gasteiger partial charge in [0.05, 0.1) is 21.2 Å². The van der Waals surface area contributed by atoms with Gasteiger partial charge >= 0.3 is 0 Å². The van der Waals surface area contributed by atoms with Gasteiger partial charge in [0.15, 0.2) is 5.69 Å². The van der Waals surface area contributed by atoms with Crippen LogP contribution in [0.2, 0.25) is 0 Å². The molecule has 0 atom stereocenters. The fourth-order valence-corrected chi connectivity index (χ4v) is 4.00. The van der Waals surface area contributed by atoms with Crippen LogP contribution in [0, 0.1) is 17.0 Å². The zero-order valence-corrected chi connectivity index (χ0v) is 17.8. The SMILES string of the molecule is Cc1c(C(=O)NCc2ccccc2S(=O)(=O)N(C)C)nnn1-c1cccc([N+](=O)[O-])c1. The van der Waals surface area contributed by atoms with Crippen molar-refractivity contribution < 1.29 is 18.1 Å². The lowest BCUT2D eigenvalue weighted by molar-refractivity contribution is -0.384. The van der Waals surface area contributed by atoms with E-state index in [2.05, 4.69) is 15.6 Å². The van der Waals surface area contributed by atoms with Gasteiger partial charge in [-0.2, -0.15) is 0 Å². The van der Waals surface area contributed by atoms with Crippen LogP contribution in [0.4, 0.5) is 5.69 Å². The van der Waals surface area contributed by atoms with Crippen LogP contribution in [-0.4, -0.2) is 52.6 Å². The van der Waals surface area contributed by atoms with E-state index in [1.807, 2.05) is 0 Å². The topological polar surface area (TPSA) is 140 Å². The van der Waals surface area contributed by atoms with E-state index in [-0.39, 0.29) is 22.8 Å². The smallest absolute Gasteiger partial charge is 0.274 e. The van der Waals surface area contributed by atoms with Crippen LogP contribution in [0.25, 0.3) is 5.69 Å². The van der Waals surface area contributed by atoms with Gasteiger partial charge in [-0.3, -0.25) is 14.9 Å². The van der Waals surface area contributed by atoms with Crippen molar-refractivity contribution in [3.05, 3.63) is 75.6 Å². The number of hydrogen-bond acceptors (Lipinski definition) is 7. The summed E-state index contributed by atoms with van der Waals surface area (Å²) >= 11 is 0. The molecule has 0 radical (unpaired) electrons. The number of amides is 1. The van der Waals surface area contributed by atoms with Gasteiger partial charge in [0, 0.05) is 32.8 Å². The first-order valence-electron chi connectivity index (χ1n) is 9.08. The number of nitrogens with one attached hydrogen (secondary N) is 1. The van der Waals surface area contributed by atoms with Crippen LogP contribution in [-0.2, 0) is 16.6 Å². The Morgan fingerprint density at radius 3 is 2.58 bits per heavy atom. The molecule has 0 saturated carbocycles. The van der Waals surface area contributed by atoms with E-state index >= 15 is 0 Å². The predicted octanol–water partition coefficient (Wildman–Crippen LogP) is 1.66. The summed E-state index contributed by atoms with van der Waals surface area (Å²) in [6.45, 7) is 1.57. The van der Waals surface area contributed by atoms with E-state index in [9.17, 15) is 23.3 Å². The van der Waals surface area contributed by atoms with Crippen molar-refractivity contribution in [1.82, 2.24) is 24.6 Å². The highest BCUT2D eigenvalue weighted by molar-refractivity contribution is 7.89. The maximum Gasteiger partial charge on any atom is 0.274 e. The van der Waals surface area contributed by atoms with E-state index < -0.39 is 20.9 Å². The second-order valence-electron chi connectivity index (χ2n) is 6.79. The van der Waals surface area contributed by atoms with E-state index in [0.29, 0.717) is 16.9 Å². The standard InChI is InChI=1S/C19H20N6O5S/c1-13-18(21-22-24(13)15-8-6-9-16(11-15)25(27)28)19(26)20-12-14-7-4-5-10-17(14)31(29,30)23(2)3/h4-11H,12H2,1-3H3,(H,20,26). The Morgan fingerprint density at radius 2 is 1.90 bits per heavy atom. The summed E-state index contributed by atoms with van der Waals surface area (Å²) in [7, 11) is -0.815. The third-order valence-corrected chi connectivity index (χ3v) is 6.48. The third kappa shape index (κ3) is 4.44. The van der Waals surface area contributed by atoms with E-state index in [1.165, 1.54) is 43.0 Å². The number of nitro benzene ring substituents is 1. The van der Waals surface area contributed by atoms with E-state index in [4.69, 9.17) is 0 Å². The Hall–Kier alpha value is -3.64. The average molecular weight is 444 g/mol. The number of benzene rings is 2. The van der Waals surface area contributed by atoms with Crippen molar-refractivity contribution >= 4 is 21.6 Å². The number of carbonyl (C=O) groups is 1. The number of nitrogens with zero attached hydrogens (tertiary/aromatic N) is 5. The summed E-state index contributed by atoms with van der Waals surface area (Å²) in [6, 6.07) is 12.2. The Morgan fingerprint density at radius 1 is 1.19 bits per heavy atom. The van der Waals surface area contributed by atoms with Crippen molar-refractivity contribution in [3.8, 4) is 5.69 Å². The van der Waals surface area contributed by atoms with Gasteiger partial charge in [-0.05, 0) is 24.6 Å². The first-order chi connectivity index (χ1) is 14.6. The van der Waals surface area contributed by atoms with Crippen molar-refractivity contribution in [2.24, 2.45) is 0 Å². The first kappa shape index (κ1) is 22.1. The van der Waals surface area contributed by atoms with Crippen LogP contribution in [0.15, 0.2) is 53.4 Å². The quantitative estimate of drug-likeness (QED) is 0.432. The number of aromatic nitrogens is 3. The molecule has 3 aromatic rings. The molecule has 162 valence electrons. The first-order valence-corrected chi connectivity index (χ1v) is 10.5. The molecule has 31 heavy (non-hydrogen) atoms. The molecule has 1 N–H and O–H groups in total. The predicted molar refractivity (Wildman–Crippen MR) is 111 cm³/mol. The zero-order chi connectivity index (χ0) is 22.8. The molecular formula is C19H20N6O5S. The molecule has 12 heteroatoms. The average Bonchev–Trinajstić information content (AvgIpc) is 3.13. The molecule has 0 aliphatic rings. The maximum absolute atomic E-state index is 12.7. The Balaban J connectivity index is 1.83. The van der Waals surface area contributed by atoms with Crippen molar-refractivity contribution in [2.45, 2.75) is 18.4 Å². The fourth-order valence-electron chi connectivity index (χ4n) is 2.88. The van der Waals surface area contributed by atoms with E-state index in [1.54, 1.807) is 31.2 Å². The molecule has 0 aliphatic heterocycles. The van der Waals surface area contributed by atoms with Crippen LogP contribution in [0.5, 0.6) is 0 Å². The number of nitro groups is 1. The number of sulfonamides is 1. The lowest BCUT2D eigenvalue weighted by Gasteiger charge is -2.15. The summed E-state index contributed by atoms with van der Waals surface area (Å²) in [4.78, 5) is 23.2. The fraction of sp³-hybridized carbons (Fsp3) is 0.211. The van der Waals surface area contributed by atoms with Crippen LogP contribution in [0.3, 0.4) is 0 Å². The van der Waals surface area contributed by atoms with Gasteiger partial charge in [0.25, 0.3) is 11.6 Å². The van der Waals surface area contributed by atoms with E-state index in [0.717, 1.165) is 4.31 Å². The lowest BCUT2D eigenvalue weighted by Crippen LogP contribution is -2.27. The normalized spacial score (nSPS) is 11.5. The Labute approximate surface area is 178 Å². The summed E-state index contributed by atoms with van der Waals surface area (Å²) in [5, 5.41) is 21.5. The van der Waals surface area contributed by atoms with Gasteiger partial charge in [-0.15, -0.1) is 5.10 Å². The molecule has 0 spiro atoms. The molecule has 2 aromatic carbocycles. The largest absolute Gasteiger partial charge is 0.346 e. The van der Waals surface area contributed by atoms with Crippen LogP contribution < -0.4 is 5.32 Å². The van der Waals surface area contributed by atoms with Crippen molar-refractivity contribution in [1.29, 1.82) is 0 Å². The molecule has 1 amide bonds. The lowest BCUT2D eigenvalue weighted by atomic mass is 10.2.